The summed E-state index contributed by atoms with van der Waals surface area (Å²) in [5, 5.41) is 4.09. The van der Waals surface area contributed by atoms with Crippen molar-refractivity contribution in [3.8, 4) is 0 Å². The Bertz CT molecular complexity index is 375. The van der Waals surface area contributed by atoms with Gasteiger partial charge in [-0.1, -0.05) is 45.2 Å². The van der Waals surface area contributed by atoms with Crippen LogP contribution in [0, 0.1) is 0 Å². The highest BCUT2D eigenvalue weighted by Gasteiger charge is 2.23. The molecule has 0 aliphatic heterocycles. The molecule has 0 radical (unpaired) electrons. The van der Waals surface area contributed by atoms with Gasteiger partial charge < -0.3 is 4.52 Å². The summed E-state index contributed by atoms with van der Waals surface area (Å²) < 4.78 is 5.33. The Kier molecular flexibility index (Phi) is 4.05. The van der Waals surface area contributed by atoms with Gasteiger partial charge in [-0.05, 0) is 19.9 Å². The first-order valence-electron chi connectivity index (χ1n) is 7.00. The van der Waals surface area contributed by atoms with Crippen LogP contribution in [-0.4, -0.2) is 28.1 Å². The molecule has 0 spiro atoms. The van der Waals surface area contributed by atoms with Crippen molar-refractivity contribution in [1.29, 1.82) is 0 Å². The van der Waals surface area contributed by atoms with Crippen LogP contribution < -0.4 is 0 Å². The molecule has 1 heterocycles. The lowest BCUT2D eigenvalue weighted by Gasteiger charge is -2.30. The molecule has 1 saturated carbocycles. The quantitative estimate of drug-likeness (QED) is 0.827. The SMILES string of the molecule is CN(Cc1noc(C(C)(C)C)n1)C1CCCCC1. The van der Waals surface area contributed by atoms with Crippen molar-refractivity contribution in [2.24, 2.45) is 0 Å². The number of rotatable bonds is 3. The van der Waals surface area contributed by atoms with Gasteiger partial charge in [-0.15, -0.1) is 0 Å². The molecular weight excluding hydrogens is 226 g/mol. The first kappa shape index (κ1) is 13.5. The Morgan fingerprint density at radius 2 is 1.89 bits per heavy atom. The van der Waals surface area contributed by atoms with Crippen molar-refractivity contribution in [2.75, 3.05) is 7.05 Å². The summed E-state index contributed by atoms with van der Waals surface area (Å²) in [5.74, 6) is 1.54. The van der Waals surface area contributed by atoms with E-state index in [-0.39, 0.29) is 5.41 Å². The predicted octanol–water partition coefficient (Wildman–Crippen LogP) is 3.13. The summed E-state index contributed by atoms with van der Waals surface area (Å²) >= 11 is 0. The van der Waals surface area contributed by atoms with Gasteiger partial charge in [0.2, 0.25) is 5.89 Å². The van der Waals surface area contributed by atoms with Crippen molar-refractivity contribution >= 4 is 0 Å². The predicted molar refractivity (Wildman–Crippen MR) is 71.3 cm³/mol. The van der Waals surface area contributed by atoms with E-state index < -0.39 is 0 Å². The van der Waals surface area contributed by atoms with Crippen LogP contribution in [0.3, 0.4) is 0 Å². The molecule has 102 valence electrons. The van der Waals surface area contributed by atoms with Gasteiger partial charge in [-0.25, -0.2) is 0 Å². The molecule has 2 rings (SSSR count). The molecule has 0 unspecified atom stereocenters. The van der Waals surface area contributed by atoms with E-state index in [0.717, 1.165) is 18.3 Å². The third kappa shape index (κ3) is 3.31. The van der Waals surface area contributed by atoms with E-state index in [0.29, 0.717) is 6.04 Å². The zero-order valence-corrected chi connectivity index (χ0v) is 12.1. The van der Waals surface area contributed by atoms with Gasteiger partial charge in [-0.3, -0.25) is 4.90 Å². The summed E-state index contributed by atoms with van der Waals surface area (Å²) in [6.45, 7) is 7.07. The van der Waals surface area contributed by atoms with Crippen LogP contribution >= 0.6 is 0 Å². The molecule has 0 saturated heterocycles. The molecule has 1 aromatic rings. The zero-order valence-electron chi connectivity index (χ0n) is 12.1. The maximum Gasteiger partial charge on any atom is 0.232 e. The second-order valence-corrected chi connectivity index (χ2v) is 6.47. The van der Waals surface area contributed by atoms with E-state index in [1.807, 2.05) is 0 Å². The minimum atomic E-state index is -0.0609. The number of aromatic nitrogens is 2. The smallest absolute Gasteiger partial charge is 0.232 e. The minimum Gasteiger partial charge on any atom is -0.339 e. The summed E-state index contributed by atoms with van der Waals surface area (Å²) in [5.41, 5.74) is -0.0609. The van der Waals surface area contributed by atoms with Crippen LogP contribution in [0.15, 0.2) is 4.52 Å². The van der Waals surface area contributed by atoms with Gasteiger partial charge in [0.25, 0.3) is 0 Å². The lowest BCUT2D eigenvalue weighted by Crippen LogP contribution is -2.33. The first-order valence-corrected chi connectivity index (χ1v) is 7.00. The summed E-state index contributed by atoms with van der Waals surface area (Å²) in [7, 11) is 2.17. The van der Waals surface area contributed by atoms with Crippen molar-refractivity contribution < 1.29 is 4.52 Å². The maximum atomic E-state index is 5.33. The average Bonchev–Trinajstić information content (AvgIpc) is 2.78. The molecule has 0 amide bonds. The molecule has 0 bridgehead atoms. The number of hydrogen-bond acceptors (Lipinski definition) is 4. The highest BCUT2D eigenvalue weighted by atomic mass is 16.5. The van der Waals surface area contributed by atoms with Gasteiger partial charge in [-0.2, -0.15) is 4.98 Å². The van der Waals surface area contributed by atoms with Gasteiger partial charge in [0, 0.05) is 11.5 Å². The second kappa shape index (κ2) is 5.39. The molecule has 1 aliphatic carbocycles. The van der Waals surface area contributed by atoms with E-state index >= 15 is 0 Å². The standard InChI is InChI=1S/C14H25N3O/c1-14(2,3)13-15-12(16-18-13)10-17(4)11-8-6-5-7-9-11/h11H,5-10H2,1-4H3. The fourth-order valence-electron chi connectivity index (χ4n) is 2.50. The van der Waals surface area contributed by atoms with Crippen molar-refractivity contribution in [3.63, 3.8) is 0 Å². The molecule has 0 atom stereocenters. The van der Waals surface area contributed by atoms with E-state index in [9.17, 15) is 0 Å². The van der Waals surface area contributed by atoms with E-state index in [1.165, 1.54) is 32.1 Å². The lowest BCUT2D eigenvalue weighted by molar-refractivity contribution is 0.179. The van der Waals surface area contributed by atoms with Crippen molar-refractivity contribution in [1.82, 2.24) is 15.0 Å². The largest absolute Gasteiger partial charge is 0.339 e. The Morgan fingerprint density at radius 3 is 2.44 bits per heavy atom. The third-order valence-corrected chi connectivity index (χ3v) is 3.70. The summed E-state index contributed by atoms with van der Waals surface area (Å²) in [6.07, 6.45) is 6.71. The first-order chi connectivity index (χ1) is 8.47. The molecule has 1 fully saturated rings. The van der Waals surface area contributed by atoms with Gasteiger partial charge in [0.05, 0.1) is 6.54 Å². The van der Waals surface area contributed by atoms with Crippen molar-refractivity contribution in [3.05, 3.63) is 11.7 Å². The van der Waals surface area contributed by atoms with E-state index in [4.69, 9.17) is 4.52 Å². The van der Waals surface area contributed by atoms with Crippen molar-refractivity contribution in [2.45, 2.75) is 70.9 Å². The van der Waals surface area contributed by atoms with Crippen LogP contribution in [0.1, 0.15) is 64.6 Å². The Labute approximate surface area is 110 Å². The van der Waals surface area contributed by atoms with Gasteiger partial charge in [0.15, 0.2) is 5.82 Å². The fourth-order valence-corrected chi connectivity index (χ4v) is 2.50. The Morgan fingerprint density at radius 1 is 1.22 bits per heavy atom. The molecular formula is C14H25N3O. The topological polar surface area (TPSA) is 42.2 Å². The summed E-state index contributed by atoms with van der Waals surface area (Å²) in [6, 6.07) is 0.690. The minimum absolute atomic E-state index is 0.0609. The van der Waals surface area contributed by atoms with E-state index in [1.54, 1.807) is 0 Å². The highest BCUT2D eigenvalue weighted by molar-refractivity contribution is 4.98. The zero-order chi connectivity index (χ0) is 13.2. The number of nitrogens with zero attached hydrogens (tertiary/aromatic N) is 3. The Hall–Kier alpha value is -0.900. The second-order valence-electron chi connectivity index (χ2n) is 6.47. The molecule has 1 aromatic heterocycles. The lowest BCUT2D eigenvalue weighted by atomic mass is 9.94. The van der Waals surface area contributed by atoms with Crippen LogP contribution in [0.2, 0.25) is 0 Å². The normalized spacial score (nSPS) is 18.5. The molecule has 18 heavy (non-hydrogen) atoms. The number of hydrogen-bond donors (Lipinski definition) is 0. The Balaban J connectivity index is 1.94. The third-order valence-electron chi connectivity index (χ3n) is 3.70. The molecule has 4 heteroatoms. The highest BCUT2D eigenvalue weighted by Crippen LogP contribution is 2.23. The monoisotopic (exact) mass is 251 g/mol. The van der Waals surface area contributed by atoms with Gasteiger partial charge in [0.1, 0.15) is 0 Å². The van der Waals surface area contributed by atoms with Crippen LogP contribution in [-0.2, 0) is 12.0 Å². The maximum absolute atomic E-state index is 5.33. The van der Waals surface area contributed by atoms with E-state index in [2.05, 4.69) is 42.9 Å². The molecule has 0 N–H and O–H groups in total. The fraction of sp³-hybridized carbons (Fsp3) is 0.857. The van der Waals surface area contributed by atoms with Crippen LogP contribution in [0.4, 0.5) is 0 Å². The summed E-state index contributed by atoms with van der Waals surface area (Å²) in [4.78, 5) is 6.87. The van der Waals surface area contributed by atoms with Crippen LogP contribution in [0.5, 0.6) is 0 Å². The van der Waals surface area contributed by atoms with Crippen LogP contribution in [0.25, 0.3) is 0 Å². The van der Waals surface area contributed by atoms with Gasteiger partial charge >= 0.3 is 0 Å². The molecule has 0 aromatic carbocycles. The molecule has 4 nitrogen and oxygen atoms in total. The average molecular weight is 251 g/mol. The molecule has 1 aliphatic rings.